The summed E-state index contributed by atoms with van der Waals surface area (Å²) in [5.41, 5.74) is -3.92. The van der Waals surface area contributed by atoms with E-state index < -0.39 is 84.4 Å². The van der Waals surface area contributed by atoms with Crippen LogP contribution in [0.2, 0.25) is 5.02 Å². The number of carbonyl (C=O) groups excluding carboxylic acids is 1. The third kappa shape index (κ3) is 11.6. The van der Waals surface area contributed by atoms with Crippen molar-refractivity contribution in [1.82, 2.24) is 23.9 Å². The first-order valence-corrected chi connectivity index (χ1v) is 25.7. The molecule has 3 aliphatic rings. The number of fused-ring (bicyclic) bond motifs is 1. The molecule has 0 spiro atoms. The van der Waals surface area contributed by atoms with Crippen molar-refractivity contribution in [2.24, 2.45) is 5.41 Å². The monoisotopic (exact) mass is 1070 g/mol. The molecule has 1 amide bonds. The molecule has 4 heterocycles. The number of hydrogen-bond acceptors (Lipinski definition) is 13. The molecule has 1 unspecified atom stereocenters. The summed E-state index contributed by atoms with van der Waals surface area (Å²) in [6.07, 6.45) is -0.341. The second kappa shape index (κ2) is 20.1. The van der Waals surface area contributed by atoms with E-state index in [1.54, 1.807) is 30.5 Å². The Hall–Kier alpha value is -5.99. The van der Waals surface area contributed by atoms with E-state index in [9.17, 15) is 58.1 Å². The van der Waals surface area contributed by atoms with Crippen LogP contribution < -0.4 is 19.7 Å². The molecule has 5 aromatic rings. The van der Waals surface area contributed by atoms with Gasteiger partial charge in [-0.1, -0.05) is 37.1 Å². The first-order valence-electron chi connectivity index (χ1n) is 22.4. The normalized spacial score (nSPS) is 18.6. The number of alkyl halides is 6. The number of benzene rings is 3. The number of nitrogens with zero attached hydrogens (tertiary/aromatic N) is 5. The van der Waals surface area contributed by atoms with Crippen LogP contribution in [0.4, 0.5) is 43.4 Å². The number of nitro groups is 1. The number of allylic oxidation sites excluding steroid dienone is 1. The molecule has 3 N–H and O–H groups in total. The predicted octanol–water partition coefficient (Wildman–Crippen LogP) is 8.80. The quantitative estimate of drug-likeness (QED) is 0.0540. The molecule has 2 aromatic heterocycles. The number of carbonyl (C=O) groups is 1. The summed E-state index contributed by atoms with van der Waals surface area (Å²) in [6, 6.07) is 14.1. The van der Waals surface area contributed by atoms with E-state index in [1.165, 1.54) is 18.3 Å². The summed E-state index contributed by atoms with van der Waals surface area (Å²) in [5.74, 6) is -0.993. The number of ether oxygens (including phenoxy) is 2. The molecule has 1 aliphatic carbocycles. The summed E-state index contributed by atoms with van der Waals surface area (Å²) in [5, 5.41) is 15.5. The van der Waals surface area contributed by atoms with Gasteiger partial charge in [0.1, 0.15) is 22.8 Å². The van der Waals surface area contributed by atoms with E-state index in [1.807, 2.05) is 4.72 Å². The zero-order valence-corrected chi connectivity index (χ0v) is 40.8. The average Bonchev–Trinajstić information content (AvgIpc) is 3.79. The number of pyridine rings is 1. The Morgan fingerprint density at radius 3 is 2.43 bits per heavy atom. The molecule has 1 atom stereocenters. The predicted molar refractivity (Wildman–Crippen MR) is 255 cm³/mol. The SMILES string of the molecule is CC1(C)CCC(CN2CCN(c3ccc(C(=O)NS(=O)(=O)c4ccc(NCC5CN(S(=O)(=O)C(F)(F)F)CCO5)c([N+](=O)[O-])c4)c(Oc4cnc5[nH]ccc5c4)c3)CC2)=C(c2ccc(C(F)(F)F)cc2Cl)C1. The first kappa shape index (κ1) is 52.3. The maximum absolute atomic E-state index is 14.0. The lowest BCUT2D eigenvalue weighted by atomic mass is 9.72. The zero-order chi connectivity index (χ0) is 52.0. The highest BCUT2D eigenvalue weighted by Crippen LogP contribution is 2.46. The molecule has 17 nitrogen and oxygen atoms in total. The van der Waals surface area contributed by atoms with E-state index in [-0.39, 0.29) is 44.1 Å². The lowest BCUT2D eigenvalue weighted by molar-refractivity contribution is -0.384. The van der Waals surface area contributed by atoms with Crippen molar-refractivity contribution in [3.8, 4) is 11.5 Å². The number of nitro benzene ring substituents is 1. The minimum Gasteiger partial charge on any atom is -0.455 e. The van der Waals surface area contributed by atoms with E-state index in [2.05, 4.69) is 38.9 Å². The Bertz CT molecular complexity index is 3160. The van der Waals surface area contributed by atoms with E-state index in [0.29, 0.717) is 67.5 Å². The molecule has 0 bridgehead atoms. The van der Waals surface area contributed by atoms with Gasteiger partial charge in [-0.25, -0.2) is 26.5 Å². The van der Waals surface area contributed by atoms with Crippen molar-refractivity contribution in [1.29, 1.82) is 0 Å². The number of halogens is 7. The Labute approximate surface area is 414 Å². The number of hydrogen-bond donors (Lipinski definition) is 3. The van der Waals surface area contributed by atoms with Crippen molar-refractivity contribution in [2.75, 3.05) is 69.2 Å². The van der Waals surface area contributed by atoms with Gasteiger partial charge in [-0.15, -0.1) is 0 Å². The highest BCUT2D eigenvalue weighted by atomic mass is 35.5. The lowest BCUT2D eigenvalue weighted by Gasteiger charge is -2.39. The fourth-order valence-electron chi connectivity index (χ4n) is 8.86. The van der Waals surface area contributed by atoms with Gasteiger partial charge >= 0.3 is 21.7 Å². The lowest BCUT2D eigenvalue weighted by Crippen LogP contribution is -2.51. The number of nitrogens with one attached hydrogen (secondary N) is 3. The average molecular weight is 1070 g/mol. The number of H-pyrrole nitrogens is 1. The maximum atomic E-state index is 14.0. The van der Waals surface area contributed by atoms with Gasteiger partial charge in [0.15, 0.2) is 0 Å². The number of sulfonamides is 2. The highest BCUT2D eigenvalue weighted by Gasteiger charge is 2.51. The van der Waals surface area contributed by atoms with Gasteiger partial charge < -0.3 is 24.7 Å². The number of anilines is 2. The topological polar surface area (TPSA) is 209 Å². The Morgan fingerprint density at radius 2 is 1.74 bits per heavy atom. The van der Waals surface area contributed by atoms with Crippen molar-refractivity contribution >= 4 is 71.2 Å². The number of piperazine rings is 1. The van der Waals surface area contributed by atoms with Crippen molar-refractivity contribution in [3.63, 3.8) is 0 Å². The number of rotatable bonds is 14. The second-order valence-corrected chi connectivity index (χ2v) is 22.3. The van der Waals surface area contributed by atoms with Crippen LogP contribution in [0.25, 0.3) is 16.6 Å². The van der Waals surface area contributed by atoms with Crippen molar-refractivity contribution in [2.45, 2.75) is 55.8 Å². The van der Waals surface area contributed by atoms with Crippen molar-refractivity contribution < 1.29 is 62.4 Å². The van der Waals surface area contributed by atoms with Gasteiger partial charge in [0.05, 0.1) is 39.9 Å². The number of aromatic amines is 1. The smallest absolute Gasteiger partial charge is 0.455 e. The van der Waals surface area contributed by atoms with Crippen LogP contribution in [-0.4, -0.2) is 117 Å². The molecule has 72 heavy (non-hydrogen) atoms. The zero-order valence-electron chi connectivity index (χ0n) is 38.4. The molecule has 0 radical (unpaired) electrons. The summed E-state index contributed by atoms with van der Waals surface area (Å²) < 4.78 is 145. The van der Waals surface area contributed by atoms with Gasteiger partial charge in [0.2, 0.25) is 0 Å². The fourth-order valence-corrected chi connectivity index (χ4v) is 11.1. The number of amides is 1. The molecule has 2 fully saturated rings. The third-order valence-electron chi connectivity index (χ3n) is 12.7. The fraction of sp³-hybridized carbons (Fsp3) is 0.391. The summed E-state index contributed by atoms with van der Waals surface area (Å²) in [6.45, 7) is 4.97. The van der Waals surface area contributed by atoms with Gasteiger partial charge in [-0.3, -0.25) is 19.8 Å². The maximum Gasteiger partial charge on any atom is 0.511 e. The summed E-state index contributed by atoms with van der Waals surface area (Å²) in [4.78, 5) is 36.1. The molecular weight excluding hydrogens is 1020 g/mol. The van der Waals surface area contributed by atoms with Gasteiger partial charge in [-0.05, 0) is 84.3 Å². The summed E-state index contributed by atoms with van der Waals surface area (Å²) >= 11 is 6.52. The Morgan fingerprint density at radius 1 is 0.986 bits per heavy atom. The van der Waals surface area contributed by atoms with E-state index >= 15 is 0 Å². The molecule has 8 rings (SSSR count). The van der Waals surface area contributed by atoms with Gasteiger partial charge in [-0.2, -0.15) is 30.6 Å². The van der Waals surface area contributed by atoms with E-state index in [4.69, 9.17) is 21.1 Å². The molecule has 26 heteroatoms. The first-order chi connectivity index (χ1) is 33.8. The third-order valence-corrected chi connectivity index (χ3v) is 16.0. The van der Waals surface area contributed by atoms with Crippen LogP contribution in [0.1, 0.15) is 54.6 Å². The molecule has 386 valence electrons. The minimum atomic E-state index is -5.67. The molecule has 2 saturated heterocycles. The highest BCUT2D eigenvalue weighted by molar-refractivity contribution is 7.90. The van der Waals surface area contributed by atoms with E-state index in [0.717, 1.165) is 48.3 Å². The standard InChI is InChI=1S/C46H47ClF6N8O9S2/c1-44(2)11-9-29(37(23-44)35-6-3-30(20-38(35)47)45(48,49)50)26-58-13-15-59(16-14-58)31-4-7-36(41(21-31)70-32-19-28-10-12-54-42(28)56-24-32)43(62)57-71(65,66)34-5-8-39(40(22-34)61(63)64)55-25-33-27-60(17-18-69-33)72(67,68)46(51,52)53/h3-8,10,12,19-22,24,33,55H,9,11,13-18,23,25-27H2,1-2H3,(H,54,56)(H,57,62). The second-order valence-electron chi connectivity index (χ2n) is 18.3. The molecular formula is C46H47ClF6N8O9S2. The number of aromatic nitrogens is 2. The van der Waals surface area contributed by atoms with Crippen LogP contribution in [-0.2, 0) is 31.0 Å². The van der Waals surface area contributed by atoms with Crippen LogP contribution in [0.3, 0.4) is 0 Å². The van der Waals surface area contributed by atoms with Crippen LogP contribution >= 0.6 is 11.6 Å². The van der Waals surface area contributed by atoms with Crippen LogP contribution in [0, 0.1) is 15.5 Å². The van der Waals surface area contributed by atoms with Crippen molar-refractivity contribution in [3.05, 3.63) is 117 Å². The molecule has 2 aliphatic heterocycles. The molecule has 0 saturated carbocycles. The van der Waals surface area contributed by atoms with Crippen LogP contribution in [0.15, 0.2) is 89.6 Å². The number of morpholine rings is 1. The largest absolute Gasteiger partial charge is 0.511 e. The van der Waals surface area contributed by atoms with Crippen LogP contribution in [0.5, 0.6) is 11.5 Å². The molecule has 3 aromatic carbocycles. The summed E-state index contributed by atoms with van der Waals surface area (Å²) in [7, 11) is -10.5. The van der Waals surface area contributed by atoms with Gasteiger partial charge in [0, 0.05) is 86.8 Å². The Kier molecular flexibility index (Phi) is 14.6. The van der Waals surface area contributed by atoms with Gasteiger partial charge in [0.25, 0.3) is 21.6 Å². The Balaban J connectivity index is 0.989. The minimum absolute atomic E-state index is 0.0436.